The summed E-state index contributed by atoms with van der Waals surface area (Å²) in [6.45, 7) is 4.08. The fraction of sp³-hybridized carbons (Fsp3) is 0.407. The average molecular weight is 461 g/mol. The second-order valence-electron chi connectivity index (χ2n) is 9.29. The standard InChI is InChI=1S/C27H32N4OS/c1-19(2)32-22-15-13-21(14-16-22)31-26(25(29-27(31)33)23-11-6-7-17-28-23)24-12-8-18-30(24)20-9-4-3-5-10-20/h6-8,11-20,25-26H,3-5,9-10H2,1-2H3,(H,29,33)/t25-,26-/m0/s1. The Hall–Kier alpha value is -2.86. The van der Waals surface area contributed by atoms with Crippen LogP contribution in [-0.4, -0.2) is 20.8 Å². The molecule has 1 aliphatic carbocycles. The summed E-state index contributed by atoms with van der Waals surface area (Å²) in [6, 6.07) is 19.3. The van der Waals surface area contributed by atoms with Crippen LogP contribution in [0.2, 0.25) is 0 Å². The number of pyridine rings is 1. The van der Waals surface area contributed by atoms with Gasteiger partial charge in [-0.15, -0.1) is 0 Å². The zero-order valence-electron chi connectivity index (χ0n) is 19.4. The third-order valence-corrected chi connectivity index (χ3v) is 6.98. The molecule has 0 spiro atoms. The number of nitrogens with zero attached hydrogens (tertiary/aromatic N) is 3. The van der Waals surface area contributed by atoms with Gasteiger partial charge in [0.15, 0.2) is 5.11 Å². The van der Waals surface area contributed by atoms with Crippen LogP contribution in [0.5, 0.6) is 5.75 Å². The van der Waals surface area contributed by atoms with E-state index in [0.717, 1.165) is 22.2 Å². The van der Waals surface area contributed by atoms with Gasteiger partial charge in [-0.1, -0.05) is 25.3 Å². The van der Waals surface area contributed by atoms with Crippen LogP contribution in [0.25, 0.3) is 0 Å². The minimum absolute atomic E-state index is 0.0150. The van der Waals surface area contributed by atoms with Gasteiger partial charge in [-0.3, -0.25) is 4.98 Å². The number of thiocarbonyl (C=S) groups is 1. The maximum atomic E-state index is 5.90. The number of ether oxygens (including phenoxy) is 1. The fourth-order valence-electron chi connectivity index (χ4n) is 5.24. The van der Waals surface area contributed by atoms with Crippen LogP contribution in [0.1, 0.15) is 75.5 Å². The first-order chi connectivity index (χ1) is 16.1. The smallest absolute Gasteiger partial charge is 0.174 e. The summed E-state index contributed by atoms with van der Waals surface area (Å²) < 4.78 is 8.36. The molecule has 1 N–H and O–H groups in total. The number of aromatic nitrogens is 2. The van der Waals surface area contributed by atoms with Gasteiger partial charge in [0.1, 0.15) is 11.8 Å². The molecule has 172 valence electrons. The lowest BCUT2D eigenvalue weighted by atomic mass is 9.94. The van der Waals surface area contributed by atoms with Gasteiger partial charge in [-0.2, -0.15) is 0 Å². The molecule has 0 amide bonds. The Morgan fingerprint density at radius 2 is 1.79 bits per heavy atom. The first-order valence-corrected chi connectivity index (χ1v) is 12.5. The summed E-state index contributed by atoms with van der Waals surface area (Å²) in [5.74, 6) is 0.871. The van der Waals surface area contributed by atoms with Crippen LogP contribution in [-0.2, 0) is 0 Å². The number of anilines is 1. The number of benzene rings is 1. The molecule has 0 bridgehead atoms. The van der Waals surface area contributed by atoms with Gasteiger partial charge in [0, 0.05) is 29.8 Å². The van der Waals surface area contributed by atoms with Gasteiger partial charge < -0.3 is 19.5 Å². The molecular formula is C27H32N4OS. The van der Waals surface area contributed by atoms with Gasteiger partial charge >= 0.3 is 0 Å². The van der Waals surface area contributed by atoms with Crippen molar-refractivity contribution < 1.29 is 4.74 Å². The summed E-state index contributed by atoms with van der Waals surface area (Å²) >= 11 is 5.90. The molecule has 0 radical (unpaired) electrons. The molecule has 33 heavy (non-hydrogen) atoms. The van der Waals surface area contributed by atoms with Crippen molar-refractivity contribution in [1.29, 1.82) is 0 Å². The monoisotopic (exact) mass is 460 g/mol. The number of hydrogen-bond acceptors (Lipinski definition) is 3. The number of nitrogens with one attached hydrogen (secondary N) is 1. The van der Waals surface area contributed by atoms with Crippen molar-refractivity contribution in [3.05, 3.63) is 78.4 Å². The van der Waals surface area contributed by atoms with Crippen molar-refractivity contribution in [1.82, 2.24) is 14.9 Å². The lowest BCUT2D eigenvalue weighted by molar-refractivity contribution is 0.242. The molecule has 1 aliphatic heterocycles. The van der Waals surface area contributed by atoms with Crippen LogP contribution in [0.4, 0.5) is 5.69 Å². The molecule has 2 aliphatic rings. The fourth-order valence-corrected chi connectivity index (χ4v) is 5.59. The van der Waals surface area contributed by atoms with Gasteiger partial charge in [0.25, 0.3) is 0 Å². The minimum atomic E-state index is -0.0254. The van der Waals surface area contributed by atoms with Gasteiger partial charge in [0.2, 0.25) is 0 Å². The Labute approximate surface area is 201 Å². The van der Waals surface area contributed by atoms with Crippen molar-refractivity contribution in [3.63, 3.8) is 0 Å². The normalized spacial score (nSPS) is 21.4. The molecule has 5 nitrogen and oxygen atoms in total. The van der Waals surface area contributed by atoms with E-state index in [1.807, 2.05) is 44.3 Å². The molecular weight excluding hydrogens is 428 g/mol. The Kier molecular flexibility index (Phi) is 6.36. The SMILES string of the molecule is CC(C)Oc1ccc(N2C(=S)N[C@@H](c3ccccn3)[C@@H]2c2cccn2C2CCCCC2)cc1. The van der Waals surface area contributed by atoms with Gasteiger partial charge in [-0.25, -0.2) is 0 Å². The van der Waals surface area contributed by atoms with E-state index in [4.69, 9.17) is 21.9 Å². The summed E-state index contributed by atoms with van der Waals surface area (Å²) in [5.41, 5.74) is 3.35. The third-order valence-electron chi connectivity index (χ3n) is 6.67. The quantitative estimate of drug-likeness (QED) is 0.434. The lowest BCUT2D eigenvalue weighted by Gasteiger charge is -2.32. The Morgan fingerprint density at radius 3 is 2.48 bits per heavy atom. The second kappa shape index (κ2) is 9.56. The zero-order chi connectivity index (χ0) is 22.8. The van der Waals surface area contributed by atoms with Crippen molar-refractivity contribution in [2.24, 2.45) is 0 Å². The highest BCUT2D eigenvalue weighted by atomic mass is 32.1. The number of rotatable bonds is 6. The predicted octanol–water partition coefficient (Wildman–Crippen LogP) is 6.35. The van der Waals surface area contributed by atoms with Crippen molar-refractivity contribution in [2.45, 2.75) is 70.2 Å². The summed E-state index contributed by atoms with van der Waals surface area (Å²) in [4.78, 5) is 6.95. The molecule has 5 rings (SSSR count). The Bertz CT molecular complexity index is 1070. The molecule has 3 heterocycles. The molecule has 1 saturated carbocycles. The van der Waals surface area contributed by atoms with E-state index in [1.165, 1.54) is 37.8 Å². The minimum Gasteiger partial charge on any atom is -0.491 e. The maximum absolute atomic E-state index is 5.90. The van der Waals surface area contributed by atoms with E-state index < -0.39 is 0 Å². The lowest BCUT2D eigenvalue weighted by Crippen LogP contribution is -2.31. The van der Waals surface area contributed by atoms with Crippen molar-refractivity contribution in [3.8, 4) is 5.75 Å². The molecule has 1 saturated heterocycles. The van der Waals surface area contributed by atoms with Gasteiger partial charge in [0.05, 0.1) is 17.8 Å². The Balaban J connectivity index is 1.55. The summed E-state index contributed by atoms with van der Waals surface area (Å²) in [7, 11) is 0. The third kappa shape index (κ3) is 4.49. The maximum Gasteiger partial charge on any atom is 0.174 e. The van der Waals surface area contributed by atoms with E-state index in [-0.39, 0.29) is 18.2 Å². The second-order valence-corrected chi connectivity index (χ2v) is 9.68. The highest BCUT2D eigenvalue weighted by molar-refractivity contribution is 7.80. The van der Waals surface area contributed by atoms with Crippen LogP contribution >= 0.6 is 12.2 Å². The van der Waals surface area contributed by atoms with Gasteiger partial charge in [-0.05, 0) is 87.4 Å². The van der Waals surface area contributed by atoms with E-state index >= 15 is 0 Å². The molecule has 6 heteroatoms. The van der Waals surface area contributed by atoms with E-state index in [1.54, 1.807) is 0 Å². The van der Waals surface area contributed by atoms with Crippen molar-refractivity contribution in [2.75, 3.05) is 4.90 Å². The zero-order valence-corrected chi connectivity index (χ0v) is 20.2. The van der Waals surface area contributed by atoms with Crippen LogP contribution in [0.3, 0.4) is 0 Å². The van der Waals surface area contributed by atoms with Crippen LogP contribution in [0, 0.1) is 0 Å². The largest absolute Gasteiger partial charge is 0.491 e. The molecule has 1 aromatic carbocycles. The molecule has 2 atom stereocenters. The van der Waals surface area contributed by atoms with Crippen LogP contribution in [0.15, 0.2) is 67.0 Å². The average Bonchev–Trinajstić information content (AvgIpc) is 3.45. The first kappa shape index (κ1) is 22.0. The molecule has 2 aromatic heterocycles. The summed E-state index contributed by atoms with van der Waals surface area (Å²) in [5, 5.41) is 4.31. The number of hydrogen-bond donors (Lipinski definition) is 1. The Morgan fingerprint density at radius 1 is 1.00 bits per heavy atom. The van der Waals surface area contributed by atoms with Crippen molar-refractivity contribution >= 4 is 23.0 Å². The van der Waals surface area contributed by atoms with E-state index in [2.05, 4.69) is 51.3 Å². The molecule has 0 unspecified atom stereocenters. The highest BCUT2D eigenvalue weighted by Gasteiger charge is 2.42. The first-order valence-electron chi connectivity index (χ1n) is 12.1. The topological polar surface area (TPSA) is 42.3 Å². The molecule has 3 aromatic rings. The summed E-state index contributed by atoms with van der Waals surface area (Å²) in [6.07, 6.45) is 10.7. The van der Waals surface area contributed by atoms with Crippen LogP contribution < -0.4 is 15.0 Å². The van der Waals surface area contributed by atoms with E-state index in [9.17, 15) is 0 Å². The van der Waals surface area contributed by atoms with E-state index in [0.29, 0.717) is 6.04 Å². The highest BCUT2D eigenvalue weighted by Crippen LogP contribution is 2.43. The molecule has 2 fully saturated rings. The predicted molar refractivity (Wildman–Crippen MR) is 137 cm³/mol.